The number of benzene rings is 2. The first kappa shape index (κ1) is 11.7. The first-order chi connectivity index (χ1) is 8.11. The summed E-state index contributed by atoms with van der Waals surface area (Å²) in [5, 5.41) is 9.79. The normalized spacial score (nSPS) is 10.8. The summed E-state index contributed by atoms with van der Waals surface area (Å²) in [6, 6.07) is 14.1. The molecule has 1 heteroatoms. The van der Waals surface area contributed by atoms with E-state index in [4.69, 9.17) is 0 Å². The molecule has 17 heavy (non-hydrogen) atoms. The van der Waals surface area contributed by atoms with Crippen molar-refractivity contribution in [2.24, 2.45) is 0 Å². The molecular formula is C16H18O. The van der Waals surface area contributed by atoms with Crippen LogP contribution in [0.15, 0.2) is 42.5 Å². The predicted octanol–water partition coefficient (Wildman–Crippen LogP) is 4.49. The molecule has 0 unspecified atom stereocenters. The van der Waals surface area contributed by atoms with Crippen molar-refractivity contribution in [2.45, 2.75) is 26.7 Å². The van der Waals surface area contributed by atoms with Crippen LogP contribution in [0.4, 0.5) is 0 Å². The average molecular weight is 226 g/mol. The number of aromatic hydroxyl groups is 1. The maximum atomic E-state index is 9.79. The van der Waals surface area contributed by atoms with E-state index in [2.05, 4.69) is 38.1 Å². The van der Waals surface area contributed by atoms with Crippen LogP contribution in [0.25, 0.3) is 11.1 Å². The van der Waals surface area contributed by atoms with E-state index < -0.39 is 0 Å². The van der Waals surface area contributed by atoms with Crippen LogP contribution in [-0.4, -0.2) is 5.11 Å². The molecule has 2 aromatic carbocycles. The molecule has 0 aliphatic carbocycles. The van der Waals surface area contributed by atoms with E-state index >= 15 is 0 Å². The summed E-state index contributed by atoms with van der Waals surface area (Å²) < 4.78 is 0. The Morgan fingerprint density at radius 2 is 1.53 bits per heavy atom. The molecule has 0 radical (unpaired) electrons. The Hall–Kier alpha value is -1.76. The number of phenols is 1. The summed E-state index contributed by atoms with van der Waals surface area (Å²) in [6.07, 6.45) is 0. The fourth-order valence-electron chi connectivity index (χ4n) is 2.16. The van der Waals surface area contributed by atoms with E-state index in [-0.39, 0.29) is 0 Å². The van der Waals surface area contributed by atoms with Gasteiger partial charge in [0.05, 0.1) is 0 Å². The zero-order chi connectivity index (χ0) is 12.4. The Labute approximate surface area is 103 Å². The molecule has 1 nitrogen and oxygen atoms in total. The van der Waals surface area contributed by atoms with Crippen LogP contribution in [0.3, 0.4) is 0 Å². The third kappa shape index (κ3) is 2.19. The summed E-state index contributed by atoms with van der Waals surface area (Å²) >= 11 is 0. The van der Waals surface area contributed by atoms with Gasteiger partial charge < -0.3 is 5.11 Å². The van der Waals surface area contributed by atoms with Crippen LogP contribution in [0.1, 0.15) is 30.9 Å². The molecule has 0 aromatic heterocycles. The zero-order valence-corrected chi connectivity index (χ0v) is 10.6. The van der Waals surface area contributed by atoms with Gasteiger partial charge in [0, 0.05) is 0 Å². The topological polar surface area (TPSA) is 20.2 Å². The average Bonchev–Trinajstić information content (AvgIpc) is 2.33. The zero-order valence-electron chi connectivity index (χ0n) is 10.6. The molecular weight excluding hydrogens is 208 g/mol. The van der Waals surface area contributed by atoms with Crippen LogP contribution >= 0.6 is 0 Å². The van der Waals surface area contributed by atoms with Crippen molar-refractivity contribution in [3.63, 3.8) is 0 Å². The Kier molecular flexibility index (Phi) is 3.19. The van der Waals surface area contributed by atoms with Gasteiger partial charge in [-0.3, -0.25) is 0 Å². The highest BCUT2D eigenvalue weighted by Gasteiger charge is 2.11. The van der Waals surface area contributed by atoms with Gasteiger partial charge in [0.15, 0.2) is 0 Å². The highest BCUT2D eigenvalue weighted by molar-refractivity contribution is 5.73. The summed E-state index contributed by atoms with van der Waals surface area (Å²) in [5.41, 5.74) is 4.60. The fourth-order valence-corrected chi connectivity index (χ4v) is 2.16. The van der Waals surface area contributed by atoms with Crippen LogP contribution < -0.4 is 0 Å². The van der Waals surface area contributed by atoms with Gasteiger partial charge >= 0.3 is 0 Å². The molecule has 0 saturated carbocycles. The van der Waals surface area contributed by atoms with Crippen LogP contribution in [0.5, 0.6) is 5.75 Å². The standard InChI is InChI=1S/C16H18O/c1-11(2)13-7-4-5-8-15(13)14-9-6-10-16(17)12(14)3/h4-11,17H,1-3H3. The second-order valence-corrected chi connectivity index (χ2v) is 4.69. The van der Waals surface area contributed by atoms with Crippen molar-refractivity contribution in [2.75, 3.05) is 0 Å². The smallest absolute Gasteiger partial charge is 0.119 e. The molecule has 0 aliphatic heterocycles. The van der Waals surface area contributed by atoms with Crippen molar-refractivity contribution in [1.82, 2.24) is 0 Å². The molecule has 0 spiro atoms. The molecule has 1 N–H and O–H groups in total. The molecule has 0 atom stereocenters. The van der Waals surface area contributed by atoms with Crippen molar-refractivity contribution < 1.29 is 5.11 Å². The van der Waals surface area contributed by atoms with Gasteiger partial charge in [-0.25, -0.2) is 0 Å². The lowest BCUT2D eigenvalue weighted by Gasteiger charge is -2.15. The third-order valence-corrected chi connectivity index (χ3v) is 3.18. The first-order valence-corrected chi connectivity index (χ1v) is 5.99. The van der Waals surface area contributed by atoms with E-state index in [0.29, 0.717) is 11.7 Å². The van der Waals surface area contributed by atoms with Crippen molar-refractivity contribution >= 4 is 0 Å². The highest BCUT2D eigenvalue weighted by atomic mass is 16.3. The largest absolute Gasteiger partial charge is 0.508 e. The number of rotatable bonds is 2. The fraction of sp³-hybridized carbons (Fsp3) is 0.250. The molecule has 2 rings (SSSR count). The van der Waals surface area contributed by atoms with Gasteiger partial charge in [-0.1, -0.05) is 50.2 Å². The summed E-state index contributed by atoms with van der Waals surface area (Å²) in [6.45, 7) is 6.34. The van der Waals surface area contributed by atoms with Crippen LogP contribution in [0.2, 0.25) is 0 Å². The monoisotopic (exact) mass is 226 g/mol. The maximum absolute atomic E-state index is 9.79. The first-order valence-electron chi connectivity index (χ1n) is 5.99. The minimum absolute atomic E-state index is 0.362. The Morgan fingerprint density at radius 3 is 2.24 bits per heavy atom. The number of hydrogen-bond acceptors (Lipinski definition) is 1. The van der Waals surface area contributed by atoms with Gasteiger partial charge in [0.25, 0.3) is 0 Å². The lowest BCUT2D eigenvalue weighted by Crippen LogP contribution is -1.93. The molecule has 0 fully saturated rings. The van der Waals surface area contributed by atoms with Crippen LogP contribution in [0, 0.1) is 6.92 Å². The quantitative estimate of drug-likeness (QED) is 0.799. The minimum Gasteiger partial charge on any atom is -0.508 e. The van der Waals surface area contributed by atoms with Gasteiger partial charge in [-0.2, -0.15) is 0 Å². The molecule has 0 amide bonds. The maximum Gasteiger partial charge on any atom is 0.119 e. The molecule has 0 aliphatic rings. The minimum atomic E-state index is 0.362. The van der Waals surface area contributed by atoms with Crippen molar-refractivity contribution in [3.8, 4) is 16.9 Å². The third-order valence-electron chi connectivity index (χ3n) is 3.18. The molecule has 2 aromatic rings. The molecule has 88 valence electrons. The van der Waals surface area contributed by atoms with E-state index in [9.17, 15) is 5.11 Å². The lowest BCUT2D eigenvalue weighted by atomic mass is 9.90. The molecule has 0 saturated heterocycles. The second kappa shape index (κ2) is 4.62. The number of hydrogen-bond donors (Lipinski definition) is 1. The summed E-state index contributed by atoms with van der Waals surface area (Å²) in [4.78, 5) is 0. The SMILES string of the molecule is Cc1c(O)cccc1-c1ccccc1C(C)C. The molecule has 0 bridgehead atoms. The lowest BCUT2D eigenvalue weighted by molar-refractivity contribution is 0.471. The highest BCUT2D eigenvalue weighted by Crippen LogP contribution is 2.34. The van der Waals surface area contributed by atoms with Gasteiger partial charge in [-0.05, 0) is 41.2 Å². The van der Waals surface area contributed by atoms with Gasteiger partial charge in [0.2, 0.25) is 0 Å². The summed E-state index contributed by atoms with van der Waals surface area (Å²) in [7, 11) is 0. The van der Waals surface area contributed by atoms with Crippen LogP contribution in [-0.2, 0) is 0 Å². The van der Waals surface area contributed by atoms with E-state index in [1.165, 1.54) is 11.1 Å². The predicted molar refractivity (Wildman–Crippen MR) is 72.4 cm³/mol. The molecule has 0 heterocycles. The second-order valence-electron chi connectivity index (χ2n) is 4.69. The van der Waals surface area contributed by atoms with E-state index in [1.807, 2.05) is 19.1 Å². The van der Waals surface area contributed by atoms with Crippen molar-refractivity contribution in [3.05, 3.63) is 53.6 Å². The Bertz CT molecular complexity index is 527. The van der Waals surface area contributed by atoms with Gasteiger partial charge in [-0.15, -0.1) is 0 Å². The van der Waals surface area contributed by atoms with E-state index in [0.717, 1.165) is 11.1 Å². The summed E-state index contributed by atoms with van der Waals surface area (Å²) in [5.74, 6) is 0.842. The van der Waals surface area contributed by atoms with Gasteiger partial charge in [0.1, 0.15) is 5.75 Å². The van der Waals surface area contributed by atoms with E-state index in [1.54, 1.807) is 6.07 Å². The number of phenolic OH excluding ortho intramolecular Hbond substituents is 1. The van der Waals surface area contributed by atoms with Crippen molar-refractivity contribution in [1.29, 1.82) is 0 Å². The Balaban J connectivity index is 2.64. The Morgan fingerprint density at radius 1 is 0.882 bits per heavy atom.